The van der Waals surface area contributed by atoms with Gasteiger partial charge in [0.2, 0.25) is 5.91 Å². The molecule has 2 unspecified atom stereocenters. The first-order valence-electron chi connectivity index (χ1n) is 10.2. The number of hydrogen-bond acceptors (Lipinski definition) is 3. The Morgan fingerprint density at radius 3 is 2.79 bits per heavy atom. The molecular formula is C21H29N5O2. The summed E-state index contributed by atoms with van der Waals surface area (Å²) in [5.41, 5.74) is 7.40. The summed E-state index contributed by atoms with van der Waals surface area (Å²) in [4.78, 5) is 32.3. The maximum Gasteiger partial charge on any atom is 0.312 e. The fourth-order valence-electron chi connectivity index (χ4n) is 4.62. The van der Waals surface area contributed by atoms with Gasteiger partial charge in [0.25, 0.3) is 0 Å². The Labute approximate surface area is 165 Å². The van der Waals surface area contributed by atoms with Crippen molar-refractivity contribution in [3.05, 3.63) is 36.0 Å². The van der Waals surface area contributed by atoms with E-state index in [9.17, 15) is 9.59 Å². The van der Waals surface area contributed by atoms with E-state index in [0.29, 0.717) is 12.3 Å². The zero-order chi connectivity index (χ0) is 19.5. The van der Waals surface area contributed by atoms with Crippen LogP contribution in [0.2, 0.25) is 0 Å². The number of likely N-dealkylation sites (tertiary alicyclic amines) is 2. The van der Waals surface area contributed by atoms with Gasteiger partial charge in [0, 0.05) is 43.2 Å². The van der Waals surface area contributed by atoms with Gasteiger partial charge in [-0.2, -0.15) is 0 Å². The van der Waals surface area contributed by atoms with E-state index in [1.54, 1.807) is 0 Å². The summed E-state index contributed by atoms with van der Waals surface area (Å²) in [5.74, 6) is 0.484. The number of carbonyl (C=O) groups excluding carboxylic acids is 2. The molecule has 4 rings (SSSR count). The van der Waals surface area contributed by atoms with Gasteiger partial charge in [-0.3, -0.25) is 4.79 Å². The highest BCUT2D eigenvalue weighted by molar-refractivity contribution is 5.89. The first-order chi connectivity index (χ1) is 13.6. The van der Waals surface area contributed by atoms with Gasteiger partial charge in [0.05, 0.1) is 0 Å². The fraction of sp³-hybridized carbons (Fsp3) is 0.524. The first kappa shape index (κ1) is 18.8. The third-order valence-electron chi connectivity index (χ3n) is 6.03. The average Bonchev–Trinajstić information content (AvgIpc) is 3.42. The number of aromatic nitrogens is 1. The van der Waals surface area contributed by atoms with Gasteiger partial charge in [-0.1, -0.05) is 18.2 Å². The molecule has 1 aromatic heterocycles. The highest BCUT2D eigenvalue weighted by Crippen LogP contribution is 2.23. The minimum atomic E-state index is -0.661. The molecule has 3 heterocycles. The van der Waals surface area contributed by atoms with Crippen molar-refractivity contribution in [1.82, 2.24) is 20.1 Å². The number of nitrogens with zero attached hydrogens (tertiary/aromatic N) is 2. The van der Waals surface area contributed by atoms with Crippen molar-refractivity contribution in [3.63, 3.8) is 0 Å². The van der Waals surface area contributed by atoms with Crippen LogP contribution in [0.1, 0.15) is 24.8 Å². The summed E-state index contributed by atoms with van der Waals surface area (Å²) in [7, 11) is 0. The van der Waals surface area contributed by atoms with Crippen molar-refractivity contribution in [2.24, 2.45) is 11.7 Å². The van der Waals surface area contributed by atoms with E-state index in [1.165, 1.54) is 25.9 Å². The van der Waals surface area contributed by atoms with Crippen molar-refractivity contribution in [2.75, 3.05) is 32.7 Å². The van der Waals surface area contributed by atoms with Crippen molar-refractivity contribution in [3.8, 4) is 0 Å². The number of H-pyrrole nitrogens is 1. The summed E-state index contributed by atoms with van der Waals surface area (Å²) < 4.78 is 0. The van der Waals surface area contributed by atoms with Crippen molar-refractivity contribution >= 4 is 22.8 Å². The summed E-state index contributed by atoms with van der Waals surface area (Å²) in [6.07, 6.45) is 5.93. The second kappa shape index (κ2) is 8.22. The van der Waals surface area contributed by atoms with Crippen LogP contribution < -0.4 is 11.1 Å². The van der Waals surface area contributed by atoms with E-state index in [-0.39, 0.29) is 5.91 Å². The first-order valence-corrected chi connectivity index (χ1v) is 10.2. The number of amides is 3. The largest absolute Gasteiger partial charge is 0.361 e. The molecule has 28 heavy (non-hydrogen) atoms. The Morgan fingerprint density at radius 1 is 1.21 bits per heavy atom. The molecule has 2 aliphatic rings. The molecule has 7 heteroatoms. The predicted molar refractivity (Wildman–Crippen MR) is 109 cm³/mol. The third kappa shape index (κ3) is 4.14. The number of para-hydroxylation sites is 1. The second-order valence-corrected chi connectivity index (χ2v) is 8.07. The van der Waals surface area contributed by atoms with Gasteiger partial charge in [-0.25, -0.2) is 4.79 Å². The number of carbonyl (C=O) groups is 2. The molecule has 150 valence electrons. The number of fused-ring (bicyclic) bond motifs is 1. The summed E-state index contributed by atoms with van der Waals surface area (Å²) >= 11 is 0. The van der Waals surface area contributed by atoms with Crippen LogP contribution in [0, 0.1) is 5.92 Å². The molecule has 2 aliphatic heterocycles. The Kier molecular flexibility index (Phi) is 5.52. The number of primary amides is 1. The van der Waals surface area contributed by atoms with E-state index in [0.717, 1.165) is 42.5 Å². The van der Waals surface area contributed by atoms with E-state index < -0.39 is 12.1 Å². The van der Waals surface area contributed by atoms with Crippen LogP contribution in [0.25, 0.3) is 10.9 Å². The molecule has 2 fully saturated rings. The maximum atomic E-state index is 13.2. The quantitative estimate of drug-likeness (QED) is 0.708. The van der Waals surface area contributed by atoms with Crippen LogP contribution in [0.3, 0.4) is 0 Å². The summed E-state index contributed by atoms with van der Waals surface area (Å²) in [5, 5.41) is 3.74. The van der Waals surface area contributed by atoms with E-state index in [1.807, 2.05) is 35.4 Å². The van der Waals surface area contributed by atoms with Gasteiger partial charge < -0.3 is 25.8 Å². The van der Waals surface area contributed by atoms with E-state index in [2.05, 4.69) is 15.2 Å². The molecule has 0 aliphatic carbocycles. The Bertz CT molecular complexity index is 842. The van der Waals surface area contributed by atoms with Crippen LogP contribution in [0.5, 0.6) is 0 Å². The Morgan fingerprint density at radius 2 is 2.00 bits per heavy atom. The molecule has 2 atom stereocenters. The van der Waals surface area contributed by atoms with E-state index >= 15 is 0 Å². The summed E-state index contributed by atoms with van der Waals surface area (Å²) in [6.45, 7) is 4.94. The SMILES string of the molecule is NC(=O)NC(Cc1c[nH]c2ccccc12)C(=O)N1CCC(CN2CCCC2)C1. The number of benzene rings is 1. The van der Waals surface area contributed by atoms with Crippen molar-refractivity contribution in [1.29, 1.82) is 0 Å². The zero-order valence-corrected chi connectivity index (χ0v) is 16.2. The van der Waals surface area contributed by atoms with Crippen LogP contribution in [-0.4, -0.2) is 65.5 Å². The van der Waals surface area contributed by atoms with Crippen LogP contribution in [-0.2, 0) is 11.2 Å². The van der Waals surface area contributed by atoms with E-state index in [4.69, 9.17) is 5.73 Å². The minimum absolute atomic E-state index is 0.0343. The van der Waals surface area contributed by atoms with Crippen molar-refractivity contribution in [2.45, 2.75) is 31.7 Å². The number of urea groups is 1. The Balaban J connectivity index is 1.43. The molecule has 0 spiro atoms. The maximum absolute atomic E-state index is 13.2. The lowest BCUT2D eigenvalue weighted by Gasteiger charge is -2.25. The highest BCUT2D eigenvalue weighted by atomic mass is 16.2. The van der Waals surface area contributed by atoms with Gasteiger partial charge in [-0.15, -0.1) is 0 Å². The minimum Gasteiger partial charge on any atom is -0.361 e. The molecule has 7 nitrogen and oxygen atoms in total. The Hall–Kier alpha value is -2.54. The van der Waals surface area contributed by atoms with Crippen LogP contribution >= 0.6 is 0 Å². The number of nitrogens with one attached hydrogen (secondary N) is 2. The van der Waals surface area contributed by atoms with Crippen molar-refractivity contribution < 1.29 is 9.59 Å². The molecule has 0 bridgehead atoms. The zero-order valence-electron chi connectivity index (χ0n) is 16.2. The number of aromatic amines is 1. The number of hydrogen-bond donors (Lipinski definition) is 3. The molecule has 2 aromatic rings. The molecule has 1 aromatic carbocycles. The third-order valence-corrected chi connectivity index (χ3v) is 6.03. The van der Waals surface area contributed by atoms with Crippen LogP contribution in [0.4, 0.5) is 4.79 Å². The lowest BCUT2D eigenvalue weighted by molar-refractivity contribution is -0.132. The molecule has 0 radical (unpaired) electrons. The fourth-order valence-corrected chi connectivity index (χ4v) is 4.62. The summed E-state index contributed by atoms with van der Waals surface area (Å²) in [6, 6.07) is 6.67. The average molecular weight is 383 g/mol. The standard InChI is InChI=1S/C21H29N5O2/c22-21(28)24-19(11-16-12-23-18-6-2-1-5-17(16)18)20(27)26-10-7-15(14-26)13-25-8-3-4-9-25/h1-2,5-6,12,15,19,23H,3-4,7-11,13-14H2,(H3,22,24,28). The van der Waals surface area contributed by atoms with Gasteiger partial charge in [-0.05, 0) is 49.9 Å². The van der Waals surface area contributed by atoms with Crippen LogP contribution in [0.15, 0.2) is 30.5 Å². The molecule has 0 saturated carbocycles. The monoisotopic (exact) mass is 383 g/mol. The van der Waals surface area contributed by atoms with Gasteiger partial charge >= 0.3 is 6.03 Å². The number of rotatable bonds is 6. The lowest BCUT2D eigenvalue weighted by atomic mass is 10.0. The van der Waals surface area contributed by atoms with Gasteiger partial charge in [0.1, 0.15) is 6.04 Å². The topological polar surface area (TPSA) is 94.5 Å². The smallest absolute Gasteiger partial charge is 0.312 e. The number of nitrogens with two attached hydrogens (primary N) is 1. The molecular weight excluding hydrogens is 354 g/mol. The molecule has 2 saturated heterocycles. The second-order valence-electron chi connectivity index (χ2n) is 8.07. The molecule has 4 N–H and O–H groups in total. The highest BCUT2D eigenvalue weighted by Gasteiger charge is 2.33. The lowest BCUT2D eigenvalue weighted by Crippen LogP contribution is -2.50. The molecule has 3 amide bonds. The normalized spacial score (nSPS) is 21.3. The predicted octanol–water partition coefficient (Wildman–Crippen LogP) is 1.69. The van der Waals surface area contributed by atoms with Gasteiger partial charge in [0.15, 0.2) is 0 Å².